The summed E-state index contributed by atoms with van der Waals surface area (Å²) >= 11 is 0. The molecule has 1 aliphatic rings. The molecule has 0 heterocycles. The summed E-state index contributed by atoms with van der Waals surface area (Å²) in [6.07, 6.45) is 2.09. The highest BCUT2D eigenvalue weighted by atomic mass is 19.1. The SMILES string of the molecule is COc1cc(/C=C2/C(C)=C(CC(=O)NCc3ccccc3)c3cc(F)ccc32)cc(OC)c1[B]O. The lowest BCUT2D eigenvalue weighted by atomic mass is 9.85. The molecule has 3 aromatic rings. The van der Waals surface area contributed by atoms with Crippen LogP contribution < -0.4 is 20.3 Å². The van der Waals surface area contributed by atoms with Crippen LogP contribution in [0.25, 0.3) is 17.2 Å². The smallest absolute Gasteiger partial charge is 0.334 e. The van der Waals surface area contributed by atoms with Gasteiger partial charge in [-0.3, -0.25) is 4.79 Å². The minimum absolute atomic E-state index is 0.133. The third-order valence-electron chi connectivity index (χ3n) is 6.13. The fraction of sp³-hybridized carbons (Fsp3) is 0.179. The number of methoxy groups -OCH3 is 2. The number of nitrogens with one attached hydrogen (secondary N) is 1. The summed E-state index contributed by atoms with van der Waals surface area (Å²) < 4.78 is 25.0. The van der Waals surface area contributed by atoms with E-state index in [1.54, 1.807) is 18.2 Å². The van der Waals surface area contributed by atoms with Crippen LogP contribution in [0, 0.1) is 5.82 Å². The maximum absolute atomic E-state index is 14.2. The predicted molar refractivity (Wildman–Crippen MR) is 137 cm³/mol. The summed E-state index contributed by atoms with van der Waals surface area (Å²) in [4.78, 5) is 12.8. The zero-order valence-corrected chi connectivity index (χ0v) is 19.9. The van der Waals surface area contributed by atoms with Gasteiger partial charge in [0.2, 0.25) is 5.91 Å². The van der Waals surface area contributed by atoms with Crippen molar-refractivity contribution in [2.75, 3.05) is 14.2 Å². The van der Waals surface area contributed by atoms with Crippen LogP contribution in [0.2, 0.25) is 0 Å². The van der Waals surface area contributed by atoms with Gasteiger partial charge in [-0.05, 0) is 76.2 Å². The first-order valence-electron chi connectivity index (χ1n) is 11.2. The van der Waals surface area contributed by atoms with Crippen LogP contribution in [0.3, 0.4) is 0 Å². The molecule has 0 bridgehead atoms. The van der Waals surface area contributed by atoms with Crippen molar-refractivity contribution in [1.82, 2.24) is 5.32 Å². The molecule has 0 aliphatic heterocycles. The summed E-state index contributed by atoms with van der Waals surface area (Å²) in [5.41, 5.74) is 6.37. The van der Waals surface area contributed by atoms with Crippen molar-refractivity contribution in [2.24, 2.45) is 0 Å². The highest BCUT2D eigenvalue weighted by Crippen LogP contribution is 2.44. The number of benzene rings is 3. The molecule has 177 valence electrons. The first-order chi connectivity index (χ1) is 16.9. The first-order valence-corrected chi connectivity index (χ1v) is 11.2. The lowest BCUT2D eigenvalue weighted by molar-refractivity contribution is -0.120. The molecular formula is C28H26BFNO4. The van der Waals surface area contributed by atoms with Crippen molar-refractivity contribution in [1.29, 1.82) is 0 Å². The maximum atomic E-state index is 14.2. The van der Waals surface area contributed by atoms with Gasteiger partial charge in [0.1, 0.15) is 17.3 Å². The van der Waals surface area contributed by atoms with Crippen molar-refractivity contribution in [2.45, 2.75) is 19.9 Å². The minimum atomic E-state index is -0.355. The van der Waals surface area contributed by atoms with Crippen LogP contribution >= 0.6 is 0 Å². The molecule has 1 amide bonds. The van der Waals surface area contributed by atoms with Crippen LogP contribution in [-0.2, 0) is 11.3 Å². The monoisotopic (exact) mass is 470 g/mol. The second-order valence-corrected chi connectivity index (χ2v) is 8.26. The van der Waals surface area contributed by atoms with Gasteiger partial charge >= 0.3 is 7.48 Å². The van der Waals surface area contributed by atoms with E-state index in [-0.39, 0.29) is 18.1 Å². The number of carbonyl (C=O) groups is 1. The average Bonchev–Trinajstić information content (AvgIpc) is 3.12. The summed E-state index contributed by atoms with van der Waals surface area (Å²) in [6, 6.07) is 17.9. The summed E-state index contributed by atoms with van der Waals surface area (Å²) in [6.45, 7) is 2.37. The number of carbonyl (C=O) groups excluding carboxylic acids is 1. The zero-order valence-electron chi connectivity index (χ0n) is 19.9. The van der Waals surface area contributed by atoms with Crippen molar-refractivity contribution >= 4 is 36.1 Å². The van der Waals surface area contributed by atoms with Gasteiger partial charge in [0.15, 0.2) is 0 Å². The van der Waals surface area contributed by atoms with Gasteiger partial charge in [0.05, 0.1) is 20.6 Å². The Bertz CT molecular complexity index is 1290. The normalized spacial score (nSPS) is 13.6. The Labute approximate surface area is 205 Å². The van der Waals surface area contributed by atoms with E-state index in [1.165, 1.54) is 26.4 Å². The number of rotatable bonds is 8. The molecule has 0 atom stereocenters. The molecule has 0 saturated carbocycles. The molecule has 7 heteroatoms. The third-order valence-corrected chi connectivity index (χ3v) is 6.13. The molecule has 2 N–H and O–H groups in total. The number of allylic oxidation sites excluding steroid dienone is 2. The van der Waals surface area contributed by atoms with Crippen LogP contribution in [0.1, 0.15) is 35.6 Å². The van der Waals surface area contributed by atoms with Crippen molar-refractivity contribution in [3.05, 3.63) is 94.3 Å². The van der Waals surface area contributed by atoms with Gasteiger partial charge < -0.3 is 19.8 Å². The molecule has 35 heavy (non-hydrogen) atoms. The molecular weight excluding hydrogens is 444 g/mol. The predicted octanol–water partition coefficient (Wildman–Crippen LogP) is 4.11. The molecule has 1 aliphatic carbocycles. The Kier molecular flexibility index (Phi) is 7.37. The molecule has 5 nitrogen and oxygen atoms in total. The summed E-state index contributed by atoms with van der Waals surface area (Å²) in [7, 11) is 3.98. The molecule has 4 rings (SSSR count). The number of hydrogen-bond acceptors (Lipinski definition) is 4. The largest absolute Gasteiger partial charge is 0.497 e. The van der Waals surface area contributed by atoms with Crippen molar-refractivity contribution in [3.8, 4) is 11.5 Å². The Morgan fingerprint density at radius 1 is 1.03 bits per heavy atom. The third kappa shape index (κ3) is 5.15. The molecule has 1 radical (unpaired) electrons. The molecule has 0 aromatic heterocycles. The van der Waals surface area contributed by atoms with Crippen LogP contribution in [-0.4, -0.2) is 32.6 Å². The number of hydrogen-bond donors (Lipinski definition) is 2. The quantitative estimate of drug-likeness (QED) is 0.487. The van der Waals surface area contributed by atoms with E-state index in [4.69, 9.17) is 9.47 Å². The molecule has 0 saturated heterocycles. The standard InChI is InChI=1S/C28H26BFNO4/c1-17-22(11-19-12-25(34-2)28(29-33)26(13-19)35-3)21-10-9-20(30)14-24(21)23(17)15-27(32)31-16-18-7-5-4-6-8-18/h4-14,33H,15-16H2,1-3H3,(H,31,32)/b22-11-. The van der Waals surface area contributed by atoms with Crippen molar-refractivity contribution in [3.63, 3.8) is 0 Å². The van der Waals surface area contributed by atoms with Crippen molar-refractivity contribution < 1.29 is 23.7 Å². The first kappa shape index (κ1) is 24.3. The molecule has 0 fully saturated rings. The lowest BCUT2D eigenvalue weighted by Crippen LogP contribution is -2.22. The number of fused-ring (bicyclic) bond motifs is 1. The second-order valence-electron chi connectivity index (χ2n) is 8.26. The lowest BCUT2D eigenvalue weighted by Gasteiger charge is -2.13. The van der Waals surface area contributed by atoms with Gasteiger partial charge in [-0.2, -0.15) is 0 Å². The second kappa shape index (κ2) is 10.6. The Morgan fingerprint density at radius 2 is 1.71 bits per heavy atom. The van der Waals surface area contributed by atoms with E-state index in [0.717, 1.165) is 40.9 Å². The Hall–Kier alpha value is -3.84. The van der Waals surface area contributed by atoms with Gasteiger partial charge in [0, 0.05) is 12.0 Å². The highest BCUT2D eigenvalue weighted by molar-refractivity contribution is 6.48. The van der Waals surface area contributed by atoms with Crippen LogP contribution in [0.15, 0.2) is 66.2 Å². The molecule has 0 spiro atoms. The number of halogens is 1. The van der Waals surface area contributed by atoms with E-state index >= 15 is 0 Å². The molecule has 3 aromatic carbocycles. The van der Waals surface area contributed by atoms with E-state index in [9.17, 15) is 14.2 Å². The summed E-state index contributed by atoms with van der Waals surface area (Å²) in [5, 5.41) is 12.5. The maximum Gasteiger partial charge on any atom is 0.334 e. The zero-order chi connectivity index (χ0) is 24.9. The average molecular weight is 470 g/mol. The van der Waals surface area contributed by atoms with Crippen LogP contribution in [0.5, 0.6) is 11.5 Å². The Balaban J connectivity index is 1.69. The highest BCUT2D eigenvalue weighted by Gasteiger charge is 2.26. The van der Waals surface area contributed by atoms with Gasteiger partial charge in [0.25, 0.3) is 0 Å². The fourth-order valence-corrected chi connectivity index (χ4v) is 4.34. The van der Waals surface area contributed by atoms with Gasteiger partial charge in [-0.15, -0.1) is 0 Å². The van der Waals surface area contributed by atoms with E-state index in [0.29, 0.717) is 29.1 Å². The number of amides is 1. The Morgan fingerprint density at radius 3 is 2.34 bits per heavy atom. The van der Waals surface area contributed by atoms with Gasteiger partial charge in [-0.1, -0.05) is 36.4 Å². The molecule has 0 unspecified atom stereocenters. The number of ether oxygens (including phenoxy) is 2. The van der Waals surface area contributed by atoms with E-state index in [1.807, 2.05) is 43.3 Å². The topological polar surface area (TPSA) is 67.8 Å². The fourth-order valence-electron chi connectivity index (χ4n) is 4.34. The van der Waals surface area contributed by atoms with Gasteiger partial charge in [-0.25, -0.2) is 4.39 Å². The van der Waals surface area contributed by atoms with E-state index in [2.05, 4.69) is 5.32 Å². The summed E-state index contributed by atoms with van der Waals surface area (Å²) in [5.74, 6) is 0.424. The minimum Gasteiger partial charge on any atom is -0.497 e. The van der Waals surface area contributed by atoms with E-state index < -0.39 is 0 Å². The van der Waals surface area contributed by atoms with Crippen LogP contribution in [0.4, 0.5) is 4.39 Å².